The highest BCUT2D eigenvalue weighted by Crippen LogP contribution is 2.34. The molecule has 0 aromatic heterocycles. The number of nitrogens with one attached hydrogen (secondary N) is 1. The van der Waals surface area contributed by atoms with Gasteiger partial charge in [0.15, 0.2) is 5.75 Å². The molecule has 4 rings (SSSR count). The Kier molecular flexibility index (Phi) is 5.76. The van der Waals surface area contributed by atoms with E-state index < -0.39 is 0 Å². The fourth-order valence-electron chi connectivity index (χ4n) is 3.64. The Bertz CT molecular complexity index is 909. The second-order valence-corrected chi connectivity index (χ2v) is 8.38. The van der Waals surface area contributed by atoms with Gasteiger partial charge in [0, 0.05) is 24.0 Å². The number of likely N-dealkylation sites (tertiary alicyclic amines) is 1. The summed E-state index contributed by atoms with van der Waals surface area (Å²) in [6.07, 6.45) is 3.58. The highest BCUT2D eigenvalue weighted by Gasteiger charge is 2.36. The van der Waals surface area contributed by atoms with Crippen LogP contribution < -0.4 is 10.1 Å². The molecule has 29 heavy (non-hydrogen) atoms. The van der Waals surface area contributed by atoms with Crippen LogP contribution in [-0.4, -0.2) is 29.8 Å². The Morgan fingerprint density at radius 1 is 1.07 bits per heavy atom. The molecule has 0 radical (unpaired) electrons. The van der Waals surface area contributed by atoms with Crippen LogP contribution in [0.3, 0.4) is 0 Å². The quantitative estimate of drug-likeness (QED) is 0.749. The largest absolute Gasteiger partial charge is 0.455 e. The standard InChI is InChI=1S/C23H25ClN2O3/c1-15-4-9-19(10-5-15)29-21-11-8-18(24)13-20(21)25-22(27)17-3-2-12-26(14-17)23(28)16-6-7-16/h4-5,8-11,13,16-17H,2-3,6-7,12,14H2,1H3,(H,25,27). The molecule has 1 atom stereocenters. The normalized spacial score (nSPS) is 19.0. The lowest BCUT2D eigenvalue weighted by atomic mass is 9.96. The first kappa shape index (κ1) is 19.8. The molecule has 1 unspecified atom stereocenters. The number of benzene rings is 2. The number of anilines is 1. The summed E-state index contributed by atoms with van der Waals surface area (Å²) in [5.41, 5.74) is 1.68. The predicted molar refractivity (Wildman–Crippen MR) is 113 cm³/mol. The van der Waals surface area contributed by atoms with E-state index in [0.29, 0.717) is 28.8 Å². The van der Waals surface area contributed by atoms with Crippen molar-refractivity contribution < 1.29 is 14.3 Å². The number of hydrogen-bond acceptors (Lipinski definition) is 3. The van der Waals surface area contributed by atoms with Crippen molar-refractivity contribution in [3.05, 3.63) is 53.1 Å². The Balaban J connectivity index is 1.46. The van der Waals surface area contributed by atoms with Crippen molar-refractivity contribution in [2.24, 2.45) is 11.8 Å². The van der Waals surface area contributed by atoms with Gasteiger partial charge in [0.05, 0.1) is 11.6 Å². The number of piperidine rings is 1. The van der Waals surface area contributed by atoms with Crippen LogP contribution in [0.4, 0.5) is 5.69 Å². The van der Waals surface area contributed by atoms with Crippen molar-refractivity contribution in [1.29, 1.82) is 0 Å². The first-order valence-electron chi connectivity index (χ1n) is 10.1. The van der Waals surface area contributed by atoms with Crippen molar-refractivity contribution in [3.63, 3.8) is 0 Å². The molecule has 1 aliphatic heterocycles. The topological polar surface area (TPSA) is 58.6 Å². The first-order valence-corrected chi connectivity index (χ1v) is 10.5. The number of amides is 2. The predicted octanol–water partition coefficient (Wildman–Crippen LogP) is 5.03. The minimum atomic E-state index is -0.224. The van der Waals surface area contributed by atoms with E-state index in [1.165, 1.54) is 0 Å². The number of rotatable bonds is 5. The van der Waals surface area contributed by atoms with Gasteiger partial charge in [0.2, 0.25) is 11.8 Å². The van der Waals surface area contributed by atoms with Gasteiger partial charge in [-0.25, -0.2) is 0 Å². The van der Waals surface area contributed by atoms with Gasteiger partial charge in [0.25, 0.3) is 0 Å². The maximum absolute atomic E-state index is 12.9. The molecule has 1 N–H and O–H groups in total. The van der Waals surface area contributed by atoms with Crippen LogP contribution in [0.1, 0.15) is 31.2 Å². The zero-order valence-corrected chi connectivity index (χ0v) is 17.2. The maximum atomic E-state index is 12.9. The Hall–Kier alpha value is -2.53. The molecular formula is C23H25ClN2O3. The Morgan fingerprint density at radius 2 is 1.83 bits per heavy atom. The van der Waals surface area contributed by atoms with Crippen molar-refractivity contribution in [1.82, 2.24) is 4.90 Å². The van der Waals surface area contributed by atoms with Crippen molar-refractivity contribution in [2.75, 3.05) is 18.4 Å². The summed E-state index contributed by atoms with van der Waals surface area (Å²) in [6, 6.07) is 12.9. The highest BCUT2D eigenvalue weighted by molar-refractivity contribution is 6.31. The number of hydrogen-bond donors (Lipinski definition) is 1. The van der Waals surface area contributed by atoms with Crippen LogP contribution in [0.15, 0.2) is 42.5 Å². The lowest BCUT2D eigenvalue weighted by Crippen LogP contribution is -2.44. The Morgan fingerprint density at radius 3 is 2.55 bits per heavy atom. The molecule has 0 bridgehead atoms. The first-order chi connectivity index (χ1) is 14.0. The van der Waals surface area contributed by atoms with E-state index >= 15 is 0 Å². The van der Waals surface area contributed by atoms with Crippen LogP contribution in [0.5, 0.6) is 11.5 Å². The summed E-state index contributed by atoms with van der Waals surface area (Å²) in [4.78, 5) is 27.2. The average Bonchev–Trinajstić information content (AvgIpc) is 3.56. The number of nitrogens with zero attached hydrogens (tertiary/aromatic N) is 1. The summed E-state index contributed by atoms with van der Waals surface area (Å²) in [5, 5.41) is 3.49. The van der Waals surface area contributed by atoms with E-state index in [2.05, 4.69) is 5.32 Å². The molecule has 6 heteroatoms. The number of carbonyl (C=O) groups excluding carboxylic acids is 2. The van der Waals surface area contributed by atoms with Gasteiger partial charge in [-0.15, -0.1) is 0 Å². The zero-order chi connectivity index (χ0) is 20.4. The molecule has 2 aromatic rings. The van der Waals surface area contributed by atoms with Gasteiger partial charge >= 0.3 is 0 Å². The van der Waals surface area contributed by atoms with E-state index in [4.69, 9.17) is 16.3 Å². The SMILES string of the molecule is Cc1ccc(Oc2ccc(Cl)cc2NC(=O)C2CCCN(C(=O)C3CC3)C2)cc1. The molecule has 1 saturated carbocycles. The van der Waals surface area contributed by atoms with E-state index in [9.17, 15) is 9.59 Å². The van der Waals surface area contributed by atoms with Crippen LogP contribution in [0.2, 0.25) is 5.02 Å². The summed E-state index contributed by atoms with van der Waals surface area (Å²) in [5.74, 6) is 1.28. The molecule has 2 fully saturated rings. The average molecular weight is 413 g/mol. The third-order valence-corrected chi connectivity index (χ3v) is 5.71. The second kappa shape index (κ2) is 8.46. The maximum Gasteiger partial charge on any atom is 0.229 e. The van der Waals surface area contributed by atoms with E-state index in [0.717, 1.165) is 37.8 Å². The van der Waals surface area contributed by atoms with Gasteiger partial charge in [0.1, 0.15) is 5.75 Å². The molecule has 1 heterocycles. The van der Waals surface area contributed by atoms with Crippen molar-refractivity contribution in [3.8, 4) is 11.5 Å². The van der Waals surface area contributed by atoms with Crippen LogP contribution in [-0.2, 0) is 9.59 Å². The minimum Gasteiger partial charge on any atom is -0.455 e. The number of carbonyl (C=O) groups is 2. The summed E-state index contributed by atoms with van der Waals surface area (Å²) >= 11 is 6.16. The molecule has 152 valence electrons. The van der Waals surface area contributed by atoms with Gasteiger partial charge in [-0.05, 0) is 62.9 Å². The monoisotopic (exact) mass is 412 g/mol. The third-order valence-electron chi connectivity index (χ3n) is 5.48. The van der Waals surface area contributed by atoms with Crippen LogP contribution in [0.25, 0.3) is 0 Å². The van der Waals surface area contributed by atoms with Gasteiger partial charge in [-0.2, -0.15) is 0 Å². The fourth-order valence-corrected chi connectivity index (χ4v) is 3.81. The molecule has 0 spiro atoms. The zero-order valence-electron chi connectivity index (χ0n) is 16.5. The number of ether oxygens (including phenoxy) is 1. The van der Waals surface area contributed by atoms with Crippen molar-refractivity contribution >= 4 is 29.1 Å². The van der Waals surface area contributed by atoms with E-state index in [1.54, 1.807) is 18.2 Å². The van der Waals surface area contributed by atoms with E-state index in [-0.39, 0.29) is 23.7 Å². The van der Waals surface area contributed by atoms with Crippen molar-refractivity contribution in [2.45, 2.75) is 32.6 Å². The molecule has 5 nitrogen and oxygen atoms in total. The number of aryl methyl sites for hydroxylation is 1. The van der Waals surface area contributed by atoms with Crippen LogP contribution in [0, 0.1) is 18.8 Å². The molecule has 2 aliphatic rings. The third kappa shape index (κ3) is 4.91. The lowest BCUT2D eigenvalue weighted by molar-refractivity contribution is -0.135. The van der Waals surface area contributed by atoms with Gasteiger partial charge in [-0.1, -0.05) is 29.3 Å². The minimum absolute atomic E-state index is 0.102. The highest BCUT2D eigenvalue weighted by atomic mass is 35.5. The summed E-state index contributed by atoms with van der Waals surface area (Å²) in [6.45, 7) is 3.24. The summed E-state index contributed by atoms with van der Waals surface area (Å²) < 4.78 is 5.97. The van der Waals surface area contributed by atoms with Crippen LogP contribution >= 0.6 is 11.6 Å². The molecule has 1 aliphatic carbocycles. The fraction of sp³-hybridized carbons (Fsp3) is 0.391. The molecule has 1 saturated heterocycles. The molecule has 2 aromatic carbocycles. The van der Waals surface area contributed by atoms with Gasteiger partial charge < -0.3 is 15.0 Å². The lowest BCUT2D eigenvalue weighted by Gasteiger charge is -2.32. The number of halogens is 1. The molecular weight excluding hydrogens is 388 g/mol. The summed E-state index contributed by atoms with van der Waals surface area (Å²) in [7, 11) is 0. The smallest absolute Gasteiger partial charge is 0.229 e. The Labute approximate surface area is 176 Å². The second-order valence-electron chi connectivity index (χ2n) is 7.94. The van der Waals surface area contributed by atoms with E-state index in [1.807, 2.05) is 36.1 Å². The molecule has 2 amide bonds. The van der Waals surface area contributed by atoms with Gasteiger partial charge in [-0.3, -0.25) is 9.59 Å².